The van der Waals surface area contributed by atoms with Crippen LogP contribution in [0, 0.1) is 0 Å². The number of amides is 1. The van der Waals surface area contributed by atoms with E-state index in [-0.39, 0.29) is 18.1 Å². The van der Waals surface area contributed by atoms with Gasteiger partial charge in [0.25, 0.3) is 0 Å². The van der Waals surface area contributed by atoms with Gasteiger partial charge in [0.15, 0.2) is 0 Å². The smallest absolute Gasteiger partial charge is 0.234 e. The van der Waals surface area contributed by atoms with Gasteiger partial charge in [0.2, 0.25) is 5.91 Å². The Morgan fingerprint density at radius 3 is 2.96 bits per heavy atom. The predicted molar refractivity (Wildman–Crippen MR) is 93.0 cm³/mol. The number of nitrogens with one attached hydrogen (secondary N) is 1. The molecule has 2 aliphatic rings. The van der Waals surface area contributed by atoms with Gasteiger partial charge in [-0.3, -0.25) is 9.69 Å². The summed E-state index contributed by atoms with van der Waals surface area (Å²) in [5.74, 6) is 0.103. The van der Waals surface area contributed by atoms with E-state index in [0.29, 0.717) is 26.4 Å². The molecule has 2 saturated heterocycles. The van der Waals surface area contributed by atoms with E-state index in [9.17, 15) is 4.79 Å². The molecule has 1 aromatic rings. The van der Waals surface area contributed by atoms with Gasteiger partial charge >= 0.3 is 0 Å². The number of ether oxygens (including phenoxy) is 2. The van der Waals surface area contributed by atoms with Crippen molar-refractivity contribution < 1.29 is 14.3 Å². The van der Waals surface area contributed by atoms with E-state index in [1.54, 1.807) is 16.8 Å². The van der Waals surface area contributed by atoms with Gasteiger partial charge in [-0.1, -0.05) is 12.8 Å². The lowest BCUT2D eigenvalue weighted by Crippen LogP contribution is -2.52. The summed E-state index contributed by atoms with van der Waals surface area (Å²) < 4.78 is 11.5. The maximum absolute atomic E-state index is 12.4. The number of nitrogens with zero attached hydrogens (tertiary/aromatic N) is 2. The van der Waals surface area contributed by atoms with Gasteiger partial charge in [0.1, 0.15) is 6.10 Å². The van der Waals surface area contributed by atoms with Crippen molar-refractivity contribution in [3.63, 3.8) is 0 Å². The molecular weight excluding hydrogens is 326 g/mol. The first-order valence-electron chi connectivity index (χ1n) is 8.89. The zero-order chi connectivity index (χ0) is 16.6. The van der Waals surface area contributed by atoms with Gasteiger partial charge in [-0.25, -0.2) is 4.98 Å². The van der Waals surface area contributed by atoms with Gasteiger partial charge in [-0.05, 0) is 32.4 Å². The van der Waals surface area contributed by atoms with E-state index < -0.39 is 0 Å². The Labute approximate surface area is 147 Å². The first kappa shape index (κ1) is 17.8. The summed E-state index contributed by atoms with van der Waals surface area (Å²) in [6.07, 6.45) is 5.66. The molecule has 0 aromatic carbocycles. The lowest BCUT2D eigenvalue weighted by Gasteiger charge is -2.32. The molecule has 1 aromatic heterocycles. The molecule has 24 heavy (non-hydrogen) atoms. The van der Waals surface area contributed by atoms with E-state index in [0.717, 1.165) is 25.2 Å². The highest BCUT2D eigenvalue weighted by Gasteiger charge is 2.28. The van der Waals surface area contributed by atoms with Gasteiger partial charge in [0.05, 0.1) is 37.0 Å². The molecule has 2 atom stereocenters. The monoisotopic (exact) mass is 353 g/mol. The minimum absolute atomic E-state index is 0.0249. The minimum Gasteiger partial charge on any atom is -0.379 e. The second-order valence-corrected chi connectivity index (χ2v) is 7.28. The second-order valence-electron chi connectivity index (χ2n) is 6.56. The van der Waals surface area contributed by atoms with Crippen LogP contribution in [0.4, 0.5) is 0 Å². The zero-order valence-electron chi connectivity index (χ0n) is 14.1. The summed E-state index contributed by atoms with van der Waals surface area (Å²) in [6, 6.07) is 0.0249. The van der Waals surface area contributed by atoms with E-state index in [4.69, 9.17) is 9.47 Å². The van der Waals surface area contributed by atoms with Gasteiger partial charge in [-0.2, -0.15) is 0 Å². The van der Waals surface area contributed by atoms with Crippen LogP contribution in [-0.4, -0.2) is 60.8 Å². The molecule has 6 nitrogen and oxygen atoms in total. The first-order valence-corrected chi connectivity index (χ1v) is 9.83. The Hall–Kier alpha value is -1.02. The first-order chi connectivity index (χ1) is 11.8. The van der Waals surface area contributed by atoms with Gasteiger partial charge in [0, 0.05) is 12.0 Å². The lowest BCUT2D eigenvalue weighted by atomic mass is 10.1. The SMILES string of the molecule is O=C(CN1CCCCCC1)NC1CCOCC1OCc1cscn1. The van der Waals surface area contributed by atoms with Crippen LogP contribution in [0.25, 0.3) is 0 Å². The number of thiazole rings is 1. The average Bonchev–Trinajstić information content (AvgIpc) is 2.98. The summed E-state index contributed by atoms with van der Waals surface area (Å²) in [4.78, 5) is 18.9. The van der Waals surface area contributed by atoms with Gasteiger partial charge in [-0.15, -0.1) is 11.3 Å². The number of rotatable bonds is 6. The Morgan fingerprint density at radius 2 is 2.21 bits per heavy atom. The molecular formula is C17H27N3O3S. The van der Waals surface area contributed by atoms with E-state index in [2.05, 4.69) is 15.2 Å². The van der Waals surface area contributed by atoms with Crippen LogP contribution in [0.15, 0.2) is 10.9 Å². The van der Waals surface area contributed by atoms with Crippen LogP contribution in [-0.2, 0) is 20.9 Å². The third kappa shape index (κ3) is 5.51. The molecule has 0 radical (unpaired) electrons. The van der Waals surface area contributed by atoms with Crippen LogP contribution < -0.4 is 5.32 Å². The number of hydrogen-bond acceptors (Lipinski definition) is 6. The highest BCUT2D eigenvalue weighted by Crippen LogP contribution is 2.15. The van der Waals surface area contributed by atoms with Crippen molar-refractivity contribution in [2.75, 3.05) is 32.8 Å². The molecule has 7 heteroatoms. The maximum atomic E-state index is 12.4. The summed E-state index contributed by atoms with van der Waals surface area (Å²) in [5, 5.41) is 5.15. The van der Waals surface area contributed by atoms with Crippen LogP contribution in [0.5, 0.6) is 0 Å². The fourth-order valence-electron chi connectivity index (χ4n) is 3.29. The third-order valence-electron chi connectivity index (χ3n) is 4.65. The fraction of sp³-hybridized carbons (Fsp3) is 0.765. The lowest BCUT2D eigenvalue weighted by molar-refractivity contribution is -0.127. The number of likely N-dealkylation sites (tertiary alicyclic amines) is 1. The quantitative estimate of drug-likeness (QED) is 0.845. The highest BCUT2D eigenvalue weighted by atomic mass is 32.1. The van der Waals surface area contributed by atoms with Gasteiger partial charge < -0.3 is 14.8 Å². The molecule has 3 rings (SSSR count). The Morgan fingerprint density at radius 1 is 1.38 bits per heavy atom. The fourth-order valence-corrected chi connectivity index (χ4v) is 3.84. The Bertz CT molecular complexity index is 489. The molecule has 0 spiro atoms. The topological polar surface area (TPSA) is 63.7 Å². The summed E-state index contributed by atoms with van der Waals surface area (Å²) >= 11 is 1.56. The van der Waals surface area contributed by atoms with Crippen molar-refractivity contribution in [1.29, 1.82) is 0 Å². The molecule has 2 fully saturated rings. The Balaban J connectivity index is 1.46. The van der Waals surface area contributed by atoms with E-state index >= 15 is 0 Å². The standard InChI is InChI=1S/C17H27N3O3S/c21-17(9-20-6-3-1-2-4-7-20)19-15-5-8-22-11-16(15)23-10-14-12-24-13-18-14/h12-13,15-16H,1-11H2,(H,19,21). The maximum Gasteiger partial charge on any atom is 0.234 e. The van der Waals surface area contributed by atoms with Crippen molar-refractivity contribution in [2.45, 2.75) is 50.9 Å². The van der Waals surface area contributed by atoms with Crippen LogP contribution in [0.2, 0.25) is 0 Å². The zero-order valence-corrected chi connectivity index (χ0v) is 14.9. The normalized spacial score (nSPS) is 26.0. The van der Waals surface area contributed by atoms with Crippen molar-refractivity contribution >= 4 is 17.2 Å². The van der Waals surface area contributed by atoms with E-state index in [1.807, 2.05) is 5.38 Å². The van der Waals surface area contributed by atoms with Crippen LogP contribution in [0.3, 0.4) is 0 Å². The van der Waals surface area contributed by atoms with Crippen molar-refractivity contribution in [2.24, 2.45) is 0 Å². The average molecular weight is 353 g/mol. The largest absolute Gasteiger partial charge is 0.379 e. The third-order valence-corrected chi connectivity index (χ3v) is 5.28. The highest BCUT2D eigenvalue weighted by molar-refractivity contribution is 7.07. The van der Waals surface area contributed by atoms with Crippen molar-refractivity contribution in [3.05, 3.63) is 16.6 Å². The number of carbonyl (C=O) groups is 1. The molecule has 1 amide bonds. The van der Waals surface area contributed by atoms with Crippen molar-refractivity contribution in [3.8, 4) is 0 Å². The summed E-state index contributed by atoms with van der Waals surface area (Å²) in [7, 11) is 0. The summed E-state index contributed by atoms with van der Waals surface area (Å²) in [5.41, 5.74) is 2.73. The summed E-state index contributed by atoms with van der Waals surface area (Å²) in [6.45, 7) is 4.23. The minimum atomic E-state index is -0.103. The predicted octanol–water partition coefficient (Wildman–Crippen LogP) is 1.81. The molecule has 0 aliphatic carbocycles. The Kier molecular flexibility index (Phi) is 7.01. The van der Waals surface area contributed by atoms with Crippen LogP contribution in [0.1, 0.15) is 37.8 Å². The molecule has 0 bridgehead atoms. The molecule has 1 N–H and O–H groups in total. The molecule has 2 aliphatic heterocycles. The number of hydrogen-bond donors (Lipinski definition) is 1. The molecule has 0 saturated carbocycles. The van der Waals surface area contributed by atoms with E-state index in [1.165, 1.54) is 25.7 Å². The van der Waals surface area contributed by atoms with Crippen LogP contribution >= 0.6 is 11.3 Å². The molecule has 2 unspecified atom stereocenters. The molecule has 3 heterocycles. The van der Waals surface area contributed by atoms with Crippen molar-refractivity contribution in [1.82, 2.24) is 15.2 Å². The number of aromatic nitrogens is 1. The number of carbonyl (C=O) groups excluding carboxylic acids is 1. The second kappa shape index (κ2) is 9.46. The molecule has 134 valence electrons.